The number of para-hydroxylation sites is 1. The lowest BCUT2D eigenvalue weighted by molar-refractivity contribution is -0.143. The van der Waals surface area contributed by atoms with Gasteiger partial charge in [0.05, 0.1) is 12.1 Å². The average molecular weight is 378 g/mol. The average Bonchev–Trinajstić information content (AvgIpc) is 3.34. The highest BCUT2D eigenvalue weighted by Gasteiger charge is 2.86. The molecule has 2 bridgehead atoms. The third kappa shape index (κ3) is 1.45. The van der Waals surface area contributed by atoms with E-state index in [-0.39, 0.29) is 28.3 Å². The fourth-order valence-electron chi connectivity index (χ4n) is 8.57. The molecule has 1 aromatic rings. The number of fused-ring (bicyclic) bond motifs is 1. The van der Waals surface area contributed by atoms with E-state index < -0.39 is 0 Å². The molecule has 3 fully saturated rings. The zero-order valence-electron chi connectivity index (χ0n) is 16.4. The van der Waals surface area contributed by atoms with Crippen molar-refractivity contribution >= 4 is 18.1 Å². The standard InChI is InChI=1S/C23H26N2O3/c1-15-21-8-5-10-24-11-9-22(20(21)24)18-6-3-4-7-19(18)25(14-26)23(15,22)17(12-21)13-28-16(2)27/h3-8,14-15,17,20H,9-13H2,1-2H3/t15-,17+,20+,21+,22-,23+/m1/s1. The first kappa shape index (κ1) is 16.8. The molecule has 6 rings (SSSR count). The third-order valence-corrected chi connectivity index (χ3v) is 8.94. The second-order valence-electron chi connectivity index (χ2n) is 9.38. The summed E-state index contributed by atoms with van der Waals surface area (Å²) in [6, 6.07) is 8.90. The van der Waals surface area contributed by atoms with Gasteiger partial charge in [0, 0.05) is 41.9 Å². The first-order valence-electron chi connectivity index (χ1n) is 10.4. The van der Waals surface area contributed by atoms with E-state index in [9.17, 15) is 9.59 Å². The molecule has 5 heteroatoms. The van der Waals surface area contributed by atoms with Gasteiger partial charge in [0.2, 0.25) is 6.41 Å². The van der Waals surface area contributed by atoms with Crippen LogP contribution in [0, 0.1) is 17.3 Å². The van der Waals surface area contributed by atoms with Gasteiger partial charge >= 0.3 is 5.97 Å². The van der Waals surface area contributed by atoms with Crippen molar-refractivity contribution in [2.45, 2.75) is 43.7 Å². The Bertz CT molecular complexity index is 928. The smallest absolute Gasteiger partial charge is 0.302 e. The van der Waals surface area contributed by atoms with Gasteiger partial charge in [-0.25, -0.2) is 0 Å². The van der Waals surface area contributed by atoms with E-state index in [0.717, 1.165) is 38.0 Å². The van der Waals surface area contributed by atoms with Crippen molar-refractivity contribution in [3.63, 3.8) is 0 Å². The van der Waals surface area contributed by atoms with Crippen molar-refractivity contribution in [3.05, 3.63) is 42.0 Å². The second kappa shape index (κ2) is 5.07. The van der Waals surface area contributed by atoms with Gasteiger partial charge in [0.25, 0.3) is 0 Å². The highest BCUT2D eigenvalue weighted by Crippen LogP contribution is 2.80. The number of carbonyl (C=O) groups is 2. The predicted molar refractivity (Wildman–Crippen MR) is 105 cm³/mol. The van der Waals surface area contributed by atoms with Gasteiger partial charge in [0.15, 0.2) is 0 Å². The number of hydrogen-bond acceptors (Lipinski definition) is 4. The molecule has 3 aliphatic heterocycles. The van der Waals surface area contributed by atoms with Crippen molar-refractivity contribution < 1.29 is 14.3 Å². The van der Waals surface area contributed by atoms with Gasteiger partial charge < -0.3 is 9.64 Å². The molecule has 1 aromatic carbocycles. The SMILES string of the molecule is CC(=O)OC[C@@H]1C[C@@]23C=CCN4CC[C@@]5(c6ccccc6N(C=O)[C@@]15[C@@H]2C)[C@@H]43. The summed E-state index contributed by atoms with van der Waals surface area (Å²) in [5, 5.41) is 0. The molecule has 146 valence electrons. The topological polar surface area (TPSA) is 49.9 Å². The zero-order chi connectivity index (χ0) is 19.3. The molecule has 3 spiro atoms. The number of anilines is 1. The number of hydrogen-bond donors (Lipinski definition) is 0. The van der Waals surface area contributed by atoms with Crippen molar-refractivity contribution in [3.8, 4) is 0 Å². The summed E-state index contributed by atoms with van der Waals surface area (Å²) in [5.41, 5.74) is 2.00. The van der Waals surface area contributed by atoms with Crippen molar-refractivity contribution in [1.82, 2.24) is 4.90 Å². The lowest BCUT2D eigenvalue weighted by Gasteiger charge is -2.52. The maximum absolute atomic E-state index is 12.6. The first-order valence-corrected chi connectivity index (χ1v) is 10.4. The molecule has 28 heavy (non-hydrogen) atoms. The van der Waals surface area contributed by atoms with Crippen LogP contribution >= 0.6 is 0 Å². The van der Waals surface area contributed by atoms with Crippen LogP contribution in [-0.4, -0.2) is 48.6 Å². The molecule has 0 unspecified atom stereocenters. The largest absolute Gasteiger partial charge is 0.465 e. The molecule has 0 N–H and O–H groups in total. The Kier molecular flexibility index (Phi) is 3.04. The molecule has 5 nitrogen and oxygen atoms in total. The Morgan fingerprint density at radius 1 is 1.36 bits per heavy atom. The summed E-state index contributed by atoms with van der Waals surface area (Å²) in [4.78, 5) is 28.9. The van der Waals surface area contributed by atoms with Crippen LogP contribution in [0.25, 0.3) is 0 Å². The highest BCUT2D eigenvalue weighted by molar-refractivity contribution is 5.88. The minimum absolute atomic E-state index is 0.0361. The minimum atomic E-state index is -0.331. The summed E-state index contributed by atoms with van der Waals surface area (Å²) in [5.74, 6) is 0.209. The zero-order valence-corrected chi connectivity index (χ0v) is 16.4. The van der Waals surface area contributed by atoms with Crippen LogP contribution in [0.1, 0.15) is 32.3 Å². The Labute approximate surface area is 165 Å². The molecule has 2 aliphatic carbocycles. The predicted octanol–water partition coefficient (Wildman–Crippen LogP) is 2.50. The number of esters is 1. The van der Waals surface area contributed by atoms with Crippen LogP contribution in [0.2, 0.25) is 0 Å². The molecule has 0 radical (unpaired) electrons. The number of carbonyl (C=O) groups excluding carboxylic acids is 2. The van der Waals surface area contributed by atoms with E-state index >= 15 is 0 Å². The van der Waals surface area contributed by atoms with E-state index in [1.165, 1.54) is 12.5 Å². The van der Waals surface area contributed by atoms with Crippen molar-refractivity contribution in [2.75, 3.05) is 24.6 Å². The van der Waals surface area contributed by atoms with Crippen LogP contribution < -0.4 is 4.90 Å². The number of amides is 1. The third-order valence-electron chi connectivity index (χ3n) is 8.94. The molecule has 6 atom stereocenters. The van der Waals surface area contributed by atoms with Crippen LogP contribution in [0.15, 0.2) is 36.4 Å². The molecule has 2 saturated carbocycles. The molecular weight excluding hydrogens is 352 g/mol. The minimum Gasteiger partial charge on any atom is -0.465 e. The number of benzene rings is 1. The Hall–Kier alpha value is -2.14. The molecule has 3 heterocycles. The summed E-state index contributed by atoms with van der Waals surface area (Å²) in [6.45, 7) is 6.26. The summed E-state index contributed by atoms with van der Waals surface area (Å²) in [6.07, 6.45) is 7.85. The highest BCUT2D eigenvalue weighted by atomic mass is 16.5. The molecule has 1 amide bonds. The van der Waals surface area contributed by atoms with E-state index in [1.807, 2.05) is 11.0 Å². The lowest BCUT2D eigenvalue weighted by Crippen LogP contribution is -2.65. The maximum Gasteiger partial charge on any atom is 0.302 e. The number of ether oxygens (including phenoxy) is 1. The van der Waals surface area contributed by atoms with E-state index in [2.05, 4.69) is 42.2 Å². The molecule has 5 aliphatic rings. The van der Waals surface area contributed by atoms with Crippen LogP contribution in [0.3, 0.4) is 0 Å². The van der Waals surface area contributed by atoms with Crippen molar-refractivity contribution in [1.29, 1.82) is 0 Å². The first-order chi connectivity index (χ1) is 13.5. The summed E-state index contributed by atoms with van der Waals surface area (Å²) < 4.78 is 5.58. The van der Waals surface area contributed by atoms with Gasteiger partial charge in [-0.05, 0) is 36.9 Å². The van der Waals surface area contributed by atoms with Gasteiger partial charge in [0.1, 0.15) is 0 Å². The van der Waals surface area contributed by atoms with Crippen LogP contribution in [0.5, 0.6) is 0 Å². The fourth-order valence-corrected chi connectivity index (χ4v) is 8.57. The van der Waals surface area contributed by atoms with E-state index in [0.29, 0.717) is 18.6 Å². The van der Waals surface area contributed by atoms with Gasteiger partial charge in [-0.3, -0.25) is 14.5 Å². The van der Waals surface area contributed by atoms with Gasteiger partial charge in [-0.15, -0.1) is 0 Å². The second-order valence-corrected chi connectivity index (χ2v) is 9.38. The van der Waals surface area contributed by atoms with E-state index in [1.54, 1.807) is 0 Å². The summed E-state index contributed by atoms with van der Waals surface area (Å²) >= 11 is 0. The maximum atomic E-state index is 12.6. The van der Waals surface area contributed by atoms with Gasteiger partial charge in [-0.1, -0.05) is 37.3 Å². The van der Waals surface area contributed by atoms with Crippen molar-refractivity contribution in [2.24, 2.45) is 17.3 Å². The van der Waals surface area contributed by atoms with E-state index in [4.69, 9.17) is 4.74 Å². The monoisotopic (exact) mass is 378 g/mol. The normalized spacial score (nSPS) is 44.4. The fraction of sp³-hybridized carbons (Fsp3) is 0.565. The Balaban J connectivity index is 1.65. The van der Waals surface area contributed by atoms with Crippen LogP contribution in [-0.2, 0) is 19.7 Å². The Morgan fingerprint density at radius 3 is 2.96 bits per heavy atom. The summed E-state index contributed by atoms with van der Waals surface area (Å²) in [7, 11) is 0. The molecule has 0 aromatic heterocycles. The quantitative estimate of drug-likeness (QED) is 0.461. The van der Waals surface area contributed by atoms with Crippen LogP contribution in [0.4, 0.5) is 5.69 Å². The Morgan fingerprint density at radius 2 is 2.18 bits per heavy atom. The number of rotatable bonds is 3. The number of nitrogens with zero attached hydrogens (tertiary/aromatic N) is 2. The van der Waals surface area contributed by atoms with Gasteiger partial charge in [-0.2, -0.15) is 0 Å². The molecule has 1 saturated heterocycles. The molecular formula is C23H26N2O3. The lowest BCUT2D eigenvalue weighted by atomic mass is 9.57.